The fourth-order valence-electron chi connectivity index (χ4n) is 4.53. The molecule has 0 aromatic heterocycles. The van der Waals surface area contributed by atoms with Crippen LogP contribution in [-0.4, -0.2) is 19.1 Å². The minimum absolute atomic E-state index is 0.110. The van der Waals surface area contributed by atoms with Crippen LogP contribution < -0.4 is 4.90 Å². The van der Waals surface area contributed by atoms with Gasteiger partial charge in [-0.3, -0.25) is 9.69 Å². The van der Waals surface area contributed by atoms with Crippen molar-refractivity contribution in [2.24, 2.45) is 11.8 Å². The van der Waals surface area contributed by atoms with E-state index in [-0.39, 0.29) is 5.91 Å². The van der Waals surface area contributed by atoms with Crippen LogP contribution in [0.2, 0.25) is 0 Å². The van der Waals surface area contributed by atoms with Gasteiger partial charge in [0.1, 0.15) is 0 Å². The largest absolute Gasteiger partial charge is 0.338 e. The molecule has 2 unspecified atom stereocenters. The van der Waals surface area contributed by atoms with E-state index in [9.17, 15) is 4.79 Å². The van der Waals surface area contributed by atoms with Gasteiger partial charge in [0.15, 0.2) is 0 Å². The summed E-state index contributed by atoms with van der Waals surface area (Å²) < 4.78 is 12.1. The zero-order valence-electron chi connectivity index (χ0n) is 15.9. The topological polar surface area (TPSA) is 38.8 Å². The molecule has 2 aromatic carbocycles. The number of nitrogens with zero attached hydrogens (tertiary/aromatic N) is 1. The van der Waals surface area contributed by atoms with Crippen LogP contribution in [0, 0.1) is 11.8 Å². The minimum Gasteiger partial charge on any atom is -0.338 e. The lowest BCUT2D eigenvalue weighted by Gasteiger charge is -2.33. The van der Waals surface area contributed by atoms with Gasteiger partial charge in [0.2, 0.25) is 0 Å². The third-order valence-corrected chi connectivity index (χ3v) is 7.03. The highest BCUT2D eigenvalue weighted by molar-refractivity contribution is 7.99. The molecule has 2 aromatic rings. The molecule has 0 bridgehead atoms. The number of allylic oxidation sites excluding steroid dienone is 4. The Morgan fingerprint density at radius 3 is 2.69 bits per heavy atom. The fourth-order valence-corrected chi connectivity index (χ4v) is 5.41. The number of hydrogen-bond donors (Lipinski definition) is 0. The number of rotatable bonds is 3. The Bertz CT molecular complexity index is 1040. The van der Waals surface area contributed by atoms with Crippen molar-refractivity contribution < 1.29 is 14.3 Å². The fraction of sp³-hybridized carbons (Fsp3) is 0.292. The van der Waals surface area contributed by atoms with Gasteiger partial charge in [-0.25, -0.2) is 0 Å². The molecule has 0 radical (unpaired) electrons. The molecule has 6 rings (SSSR count). The van der Waals surface area contributed by atoms with Crippen molar-refractivity contribution in [2.45, 2.75) is 28.4 Å². The van der Waals surface area contributed by atoms with E-state index in [0.717, 1.165) is 39.6 Å². The number of ether oxygens (including phenoxy) is 2. The van der Waals surface area contributed by atoms with Crippen molar-refractivity contribution in [3.63, 3.8) is 0 Å². The molecular formula is C24H21NO3S. The SMILES string of the molecule is O=C1N(C2=CC=CC3CC23)c2ccc(Sc3ccccc3)cc2C12OCCCO2. The van der Waals surface area contributed by atoms with E-state index in [2.05, 4.69) is 42.5 Å². The van der Waals surface area contributed by atoms with E-state index in [1.165, 1.54) is 0 Å². The summed E-state index contributed by atoms with van der Waals surface area (Å²) in [5, 5.41) is 0. The number of carbonyl (C=O) groups is 1. The van der Waals surface area contributed by atoms with Crippen LogP contribution >= 0.6 is 11.8 Å². The molecule has 0 N–H and O–H groups in total. The van der Waals surface area contributed by atoms with Crippen molar-refractivity contribution in [3.8, 4) is 0 Å². The lowest BCUT2D eigenvalue weighted by atomic mass is 10.1. The summed E-state index contributed by atoms with van der Waals surface area (Å²) in [7, 11) is 0. The summed E-state index contributed by atoms with van der Waals surface area (Å²) in [6.45, 7) is 1.06. The first-order valence-electron chi connectivity index (χ1n) is 10.1. The first-order valence-corrected chi connectivity index (χ1v) is 11.0. The predicted octanol–water partition coefficient (Wildman–Crippen LogP) is 4.86. The van der Waals surface area contributed by atoms with E-state index in [1.54, 1.807) is 11.8 Å². The van der Waals surface area contributed by atoms with E-state index >= 15 is 0 Å². The third-order valence-electron chi connectivity index (χ3n) is 6.03. The van der Waals surface area contributed by atoms with Crippen LogP contribution in [-0.2, 0) is 20.1 Å². The summed E-state index contributed by atoms with van der Waals surface area (Å²) in [5.74, 6) is -0.438. The van der Waals surface area contributed by atoms with E-state index in [4.69, 9.17) is 9.47 Å². The van der Waals surface area contributed by atoms with Gasteiger partial charge in [-0.15, -0.1) is 0 Å². The number of benzene rings is 2. The maximum atomic E-state index is 13.7. The van der Waals surface area contributed by atoms with Gasteiger partial charge in [0.25, 0.3) is 11.7 Å². The molecule has 1 amide bonds. The van der Waals surface area contributed by atoms with Crippen LogP contribution in [0.25, 0.3) is 0 Å². The highest BCUT2D eigenvalue weighted by Crippen LogP contribution is 2.54. The highest BCUT2D eigenvalue weighted by Gasteiger charge is 2.58. The van der Waals surface area contributed by atoms with Crippen molar-refractivity contribution in [1.82, 2.24) is 0 Å². The minimum atomic E-state index is -1.31. The van der Waals surface area contributed by atoms with Crippen LogP contribution in [0.3, 0.4) is 0 Å². The van der Waals surface area contributed by atoms with Gasteiger partial charge < -0.3 is 9.47 Å². The second-order valence-electron chi connectivity index (χ2n) is 7.88. The molecule has 2 aliphatic heterocycles. The quantitative estimate of drug-likeness (QED) is 0.733. The Labute approximate surface area is 174 Å². The highest BCUT2D eigenvalue weighted by atomic mass is 32.2. The van der Waals surface area contributed by atoms with Crippen LogP contribution in [0.1, 0.15) is 18.4 Å². The number of anilines is 1. The summed E-state index contributed by atoms with van der Waals surface area (Å²) in [5.41, 5.74) is 2.79. The Morgan fingerprint density at radius 2 is 1.86 bits per heavy atom. The van der Waals surface area contributed by atoms with Crippen LogP contribution in [0.4, 0.5) is 5.69 Å². The molecule has 4 nitrogen and oxygen atoms in total. The Hall–Kier alpha value is -2.34. The van der Waals surface area contributed by atoms with Gasteiger partial charge >= 0.3 is 0 Å². The van der Waals surface area contributed by atoms with Gasteiger partial charge in [-0.1, -0.05) is 42.1 Å². The van der Waals surface area contributed by atoms with E-state index in [1.807, 2.05) is 29.2 Å². The summed E-state index contributed by atoms with van der Waals surface area (Å²) in [4.78, 5) is 17.8. The number of fused-ring (bicyclic) bond motifs is 3. The summed E-state index contributed by atoms with van der Waals surface area (Å²) in [6.07, 6.45) is 8.30. The normalized spacial score (nSPS) is 26.3. The van der Waals surface area contributed by atoms with Crippen LogP contribution in [0.5, 0.6) is 0 Å². The van der Waals surface area contributed by atoms with Gasteiger partial charge in [0, 0.05) is 27.0 Å². The average molecular weight is 404 g/mol. The molecule has 1 saturated heterocycles. The maximum Gasteiger partial charge on any atom is 0.296 e. The zero-order chi connectivity index (χ0) is 19.4. The maximum absolute atomic E-state index is 13.7. The number of carbonyl (C=O) groups excluding carboxylic acids is 1. The summed E-state index contributed by atoms with van der Waals surface area (Å²) in [6, 6.07) is 16.5. The van der Waals surface area contributed by atoms with Gasteiger partial charge in [-0.05, 0) is 55.2 Å². The molecule has 146 valence electrons. The Kier molecular flexibility index (Phi) is 3.98. The smallest absolute Gasteiger partial charge is 0.296 e. The van der Waals surface area contributed by atoms with Gasteiger partial charge in [0.05, 0.1) is 18.9 Å². The molecule has 4 aliphatic rings. The Morgan fingerprint density at radius 1 is 1.03 bits per heavy atom. The first-order chi connectivity index (χ1) is 14.3. The lowest BCUT2D eigenvalue weighted by molar-refractivity contribution is -0.256. The van der Waals surface area contributed by atoms with E-state index < -0.39 is 5.79 Å². The van der Waals surface area contributed by atoms with Crippen molar-refractivity contribution in [3.05, 3.63) is 78.0 Å². The van der Waals surface area contributed by atoms with E-state index in [0.29, 0.717) is 25.0 Å². The average Bonchev–Trinajstić information content (AvgIpc) is 3.53. The zero-order valence-corrected chi connectivity index (χ0v) is 16.7. The molecule has 1 spiro atoms. The molecule has 5 heteroatoms. The molecule has 2 aliphatic carbocycles. The second kappa shape index (κ2) is 6.59. The molecule has 2 fully saturated rings. The standard InChI is InChI=1S/C24H21NO3S/c26-23-24(27-12-5-13-28-24)20-15-18(29-17-7-2-1-3-8-17)10-11-22(20)25(23)21-9-4-6-16-14-19(16)21/h1-4,6-11,15-16,19H,5,12-14H2. The monoisotopic (exact) mass is 403 g/mol. The summed E-state index contributed by atoms with van der Waals surface area (Å²) >= 11 is 1.68. The van der Waals surface area contributed by atoms with Crippen LogP contribution in [0.15, 0.2) is 82.2 Å². The third kappa shape index (κ3) is 2.72. The number of amides is 1. The second-order valence-corrected chi connectivity index (χ2v) is 9.03. The van der Waals surface area contributed by atoms with Gasteiger partial charge in [-0.2, -0.15) is 0 Å². The predicted molar refractivity (Wildman–Crippen MR) is 112 cm³/mol. The lowest BCUT2D eigenvalue weighted by Crippen LogP contribution is -2.47. The van der Waals surface area contributed by atoms with Crippen molar-refractivity contribution in [1.29, 1.82) is 0 Å². The van der Waals surface area contributed by atoms with Crippen molar-refractivity contribution >= 4 is 23.4 Å². The molecule has 2 heterocycles. The Balaban J connectivity index is 1.44. The first kappa shape index (κ1) is 17.5. The van der Waals surface area contributed by atoms with Crippen molar-refractivity contribution in [2.75, 3.05) is 18.1 Å². The molecule has 1 saturated carbocycles. The number of hydrogen-bond acceptors (Lipinski definition) is 4. The molecular weight excluding hydrogens is 382 g/mol. The molecule has 2 atom stereocenters. The molecule has 29 heavy (non-hydrogen) atoms.